The van der Waals surface area contributed by atoms with E-state index in [0.717, 1.165) is 11.3 Å². The lowest BCUT2D eigenvalue weighted by atomic mass is 10.0. The molecule has 0 aliphatic carbocycles. The fraction of sp³-hybridized carbons (Fsp3) is 0.0667. The molecule has 0 saturated heterocycles. The van der Waals surface area contributed by atoms with Gasteiger partial charge < -0.3 is 15.7 Å². The maximum atomic E-state index is 12.0. The van der Waals surface area contributed by atoms with E-state index in [9.17, 15) is 9.59 Å². The molecule has 5 heteroatoms. The second kappa shape index (κ2) is 4.70. The number of nitrogens with one attached hydrogen (secondary N) is 2. The van der Waals surface area contributed by atoms with Crippen LogP contribution in [0.25, 0.3) is 0 Å². The lowest BCUT2D eigenvalue weighted by molar-refractivity contribution is 0.0696. The smallest absolute Gasteiger partial charge is 0.335 e. The SMILES string of the molecule is O=C(O)c1ccc([C@@H]2NC(=O)c3ccccc3N2)cc1. The molecule has 100 valence electrons. The lowest BCUT2D eigenvalue weighted by Crippen LogP contribution is -2.38. The van der Waals surface area contributed by atoms with Gasteiger partial charge in [-0.05, 0) is 29.8 Å². The Morgan fingerprint density at radius 3 is 2.40 bits per heavy atom. The highest BCUT2D eigenvalue weighted by molar-refractivity contribution is 6.01. The molecular weight excluding hydrogens is 256 g/mol. The van der Waals surface area contributed by atoms with E-state index in [1.807, 2.05) is 18.2 Å². The number of rotatable bonds is 2. The molecule has 1 heterocycles. The Bertz CT molecular complexity index is 680. The van der Waals surface area contributed by atoms with Gasteiger partial charge in [0.25, 0.3) is 5.91 Å². The predicted octanol–water partition coefficient (Wildman–Crippen LogP) is 2.24. The number of amides is 1. The Hall–Kier alpha value is -2.82. The van der Waals surface area contributed by atoms with E-state index in [1.165, 1.54) is 12.1 Å². The highest BCUT2D eigenvalue weighted by atomic mass is 16.4. The number of carbonyl (C=O) groups excluding carboxylic acids is 1. The van der Waals surface area contributed by atoms with Crippen molar-refractivity contribution >= 4 is 17.6 Å². The first kappa shape index (κ1) is 12.2. The average molecular weight is 268 g/mol. The van der Waals surface area contributed by atoms with Crippen molar-refractivity contribution in [2.75, 3.05) is 5.32 Å². The first-order chi connectivity index (χ1) is 9.65. The summed E-state index contributed by atoms with van der Waals surface area (Å²) < 4.78 is 0. The lowest BCUT2D eigenvalue weighted by Gasteiger charge is -2.28. The van der Waals surface area contributed by atoms with E-state index in [-0.39, 0.29) is 17.6 Å². The molecule has 0 radical (unpaired) electrons. The number of hydrogen-bond acceptors (Lipinski definition) is 3. The number of carbonyl (C=O) groups is 2. The molecule has 0 saturated carbocycles. The molecule has 1 aliphatic rings. The fourth-order valence-corrected chi connectivity index (χ4v) is 2.19. The van der Waals surface area contributed by atoms with E-state index < -0.39 is 5.97 Å². The molecule has 0 spiro atoms. The van der Waals surface area contributed by atoms with Crippen LogP contribution in [-0.4, -0.2) is 17.0 Å². The van der Waals surface area contributed by atoms with Crippen molar-refractivity contribution in [2.24, 2.45) is 0 Å². The van der Waals surface area contributed by atoms with Gasteiger partial charge in [-0.15, -0.1) is 0 Å². The minimum absolute atomic E-state index is 0.147. The van der Waals surface area contributed by atoms with Crippen molar-refractivity contribution < 1.29 is 14.7 Å². The topological polar surface area (TPSA) is 78.4 Å². The average Bonchev–Trinajstić information content (AvgIpc) is 2.47. The molecule has 1 amide bonds. The molecule has 0 aromatic heterocycles. The van der Waals surface area contributed by atoms with Crippen LogP contribution in [0.3, 0.4) is 0 Å². The van der Waals surface area contributed by atoms with Gasteiger partial charge in [-0.1, -0.05) is 24.3 Å². The van der Waals surface area contributed by atoms with Gasteiger partial charge in [-0.2, -0.15) is 0 Å². The summed E-state index contributed by atoms with van der Waals surface area (Å²) in [7, 11) is 0. The minimum atomic E-state index is -0.970. The fourth-order valence-electron chi connectivity index (χ4n) is 2.19. The number of hydrogen-bond donors (Lipinski definition) is 3. The van der Waals surface area contributed by atoms with Crippen LogP contribution in [0, 0.1) is 0 Å². The van der Waals surface area contributed by atoms with Crippen LogP contribution in [0.5, 0.6) is 0 Å². The number of fused-ring (bicyclic) bond motifs is 1. The molecule has 20 heavy (non-hydrogen) atoms. The summed E-state index contributed by atoms with van der Waals surface area (Å²) in [4.78, 5) is 22.8. The van der Waals surface area contributed by atoms with E-state index >= 15 is 0 Å². The zero-order valence-corrected chi connectivity index (χ0v) is 10.5. The van der Waals surface area contributed by atoms with Crippen LogP contribution in [0.1, 0.15) is 32.4 Å². The van der Waals surface area contributed by atoms with Gasteiger partial charge in [0.2, 0.25) is 0 Å². The Kier molecular flexibility index (Phi) is 2.87. The van der Waals surface area contributed by atoms with Crippen LogP contribution in [0.15, 0.2) is 48.5 Å². The number of benzene rings is 2. The monoisotopic (exact) mass is 268 g/mol. The number of anilines is 1. The second-order valence-electron chi connectivity index (χ2n) is 4.52. The predicted molar refractivity (Wildman–Crippen MR) is 73.7 cm³/mol. The van der Waals surface area contributed by atoms with Gasteiger partial charge in [-0.3, -0.25) is 4.79 Å². The molecule has 0 fully saturated rings. The summed E-state index contributed by atoms with van der Waals surface area (Å²) in [5, 5.41) is 14.9. The van der Waals surface area contributed by atoms with E-state index in [2.05, 4.69) is 10.6 Å². The zero-order chi connectivity index (χ0) is 14.1. The van der Waals surface area contributed by atoms with Crippen LogP contribution < -0.4 is 10.6 Å². The van der Waals surface area contributed by atoms with Gasteiger partial charge in [-0.25, -0.2) is 4.79 Å². The summed E-state index contributed by atoms with van der Waals surface area (Å²) in [6, 6.07) is 13.7. The number of para-hydroxylation sites is 1. The third-order valence-corrected chi connectivity index (χ3v) is 3.24. The molecule has 1 atom stereocenters. The van der Waals surface area contributed by atoms with Crippen LogP contribution in [0.4, 0.5) is 5.69 Å². The van der Waals surface area contributed by atoms with E-state index in [0.29, 0.717) is 5.56 Å². The molecule has 3 rings (SSSR count). The van der Waals surface area contributed by atoms with Crippen molar-refractivity contribution in [3.8, 4) is 0 Å². The third-order valence-electron chi connectivity index (χ3n) is 3.24. The van der Waals surface area contributed by atoms with Crippen molar-refractivity contribution in [2.45, 2.75) is 6.17 Å². The van der Waals surface area contributed by atoms with Gasteiger partial charge in [0.15, 0.2) is 0 Å². The normalized spacial score (nSPS) is 16.8. The van der Waals surface area contributed by atoms with Gasteiger partial charge in [0.1, 0.15) is 6.17 Å². The molecule has 3 N–H and O–H groups in total. The van der Waals surface area contributed by atoms with Crippen LogP contribution >= 0.6 is 0 Å². The largest absolute Gasteiger partial charge is 0.478 e. The van der Waals surface area contributed by atoms with Crippen molar-refractivity contribution in [1.82, 2.24) is 5.32 Å². The standard InChI is InChI=1S/C15H12N2O3/c18-14-11-3-1-2-4-12(11)16-13(17-14)9-5-7-10(8-6-9)15(19)20/h1-8,13,16H,(H,17,18)(H,19,20)/t13-/m0/s1. The number of carboxylic acid groups (broad SMARTS) is 1. The number of carboxylic acids is 1. The number of aromatic carboxylic acids is 1. The van der Waals surface area contributed by atoms with Crippen molar-refractivity contribution in [3.63, 3.8) is 0 Å². The molecule has 2 aromatic carbocycles. The Morgan fingerprint density at radius 1 is 1.00 bits per heavy atom. The molecule has 5 nitrogen and oxygen atoms in total. The minimum Gasteiger partial charge on any atom is -0.478 e. The Labute approximate surface area is 115 Å². The molecule has 1 aliphatic heterocycles. The highest BCUT2D eigenvalue weighted by Gasteiger charge is 2.23. The zero-order valence-electron chi connectivity index (χ0n) is 10.5. The van der Waals surface area contributed by atoms with Gasteiger partial charge in [0, 0.05) is 5.69 Å². The maximum absolute atomic E-state index is 12.0. The maximum Gasteiger partial charge on any atom is 0.335 e. The quantitative estimate of drug-likeness (QED) is 0.780. The van der Waals surface area contributed by atoms with E-state index in [4.69, 9.17) is 5.11 Å². The first-order valence-electron chi connectivity index (χ1n) is 6.15. The van der Waals surface area contributed by atoms with E-state index in [1.54, 1.807) is 18.2 Å². The van der Waals surface area contributed by atoms with Crippen molar-refractivity contribution in [1.29, 1.82) is 0 Å². The highest BCUT2D eigenvalue weighted by Crippen LogP contribution is 2.26. The summed E-state index contributed by atoms with van der Waals surface area (Å²) in [5.41, 5.74) is 2.39. The van der Waals surface area contributed by atoms with Gasteiger partial charge >= 0.3 is 5.97 Å². The summed E-state index contributed by atoms with van der Waals surface area (Å²) in [6.45, 7) is 0. The first-order valence-corrected chi connectivity index (χ1v) is 6.15. The summed E-state index contributed by atoms with van der Waals surface area (Å²) >= 11 is 0. The van der Waals surface area contributed by atoms with Crippen molar-refractivity contribution in [3.05, 3.63) is 65.2 Å². The second-order valence-corrected chi connectivity index (χ2v) is 4.52. The molecular formula is C15H12N2O3. The Balaban J connectivity index is 1.90. The molecule has 0 bridgehead atoms. The summed E-state index contributed by atoms with van der Waals surface area (Å²) in [5.74, 6) is -1.12. The van der Waals surface area contributed by atoms with Gasteiger partial charge in [0.05, 0.1) is 11.1 Å². The molecule has 2 aromatic rings. The van der Waals surface area contributed by atoms with Crippen LogP contribution in [0.2, 0.25) is 0 Å². The summed E-state index contributed by atoms with van der Waals surface area (Å²) in [6.07, 6.45) is -0.361. The Morgan fingerprint density at radius 2 is 1.70 bits per heavy atom. The molecule has 0 unspecified atom stereocenters. The third kappa shape index (κ3) is 2.09. The van der Waals surface area contributed by atoms with Crippen LogP contribution in [-0.2, 0) is 0 Å².